The van der Waals surface area contributed by atoms with E-state index in [-0.39, 0.29) is 0 Å². The maximum atomic E-state index is 3.14. The summed E-state index contributed by atoms with van der Waals surface area (Å²) < 4.78 is 0. The molecule has 0 saturated heterocycles. The van der Waals surface area contributed by atoms with E-state index in [1.54, 1.807) is 0 Å². The van der Waals surface area contributed by atoms with E-state index in [9.17, 15) is 0 Å². The van der Waals surface area contributed by atoms with Crippen molar-refractivity contribution in [1.82, 2.24) is 5.32 Å². The van der Waals surface area contributed by atoms with E-state index in [0.717, 1.165) is 0 Å². The molecule has 0 spiro atoms. The molecule has 0 saturated carbocycles. The van der Waals surface area contributed by atoms with Gasteiger partial charge in [-0.25, -0.2) is 0 Å². The highest BCUT2D eigenvalue weighted by Crippen LogP contribution is 1.96. The standard InChI is InChI=1S/C5H9N/c1-5-3-2-4-6-5/h2,4-6H,3H2,1H3/t5-/m1/s1. The van der Waals surface area contributed by atoms with Crippen molar-refractivity contribution in [1.29, 1.82) is 0 Å². The summed E-state index contributed by atoms with van der Waals surface area (Å²) in [5.74, 6) is 0. The van der Waals surface area contributed by atoms with Gasteiger partial charge in [0.25, 0.3) is 0 Å². The minimum Gasteiger partial charge on any atom is -0.388 e. The third kappa shape index (κ3) is 0.534. The van der Waals surface area contributed by atoms with E-state index < -0.39 is 0 Å². The molecule has 0 aromatic rings. The van der Waals surface area contributed by atoms with Gasteiger partial charge < -0.3 is 5.32 Å². The summed E-state index contributed by atoms with van der Waals surface area (Å²) in [5.41, 5.74) is 0. The molecule has 1 aliphatic heterocycles. The highest BCUT2D eigenvalue weighted by molar-refractivity contribution is 4.92. The Morgan fingerprint density at radius 1 is 1.83 bits per heavy atom. The Bertz CT molecular complexity index is 58.3. The van der Waals surface area contributed by atoms with Gasteiger partial charge in [0.2, 0.25) is 0 Å². The zero-order valence-electron chi connectivity index (χ0n) is 3.94. The van der Waals surface area contributed by atoms with Crippen molar-refractivity contribution >= 4 is 0 Å². The van der Waals surface area contributed by atoms with Crippen LogP contribution in [0.3, 0.4) is 0 Å². The van der Waals surface area contributed by atoms with Crippen LogP contribution < -0.4 is 5.32 Å². The van der Waals surface area contributed by atoms with Crippen LogP contribution in [-0.4, -0.2) is 6.04 Å². The first-order valence-electron chi connectivity index (χ1n) is 2.30. The molecule has 1 aliphatic rings. The molecule has 0 radical (unpaired) electrons. The molecule has 0 aromatic carbocycles. The molecule has 1 N–H and O–H groups in total. The summed E-state index contributed by atoms with van der Waals surface area (Å²) in [4.78, 5) is 0. The van der Waals surface area contributed by atoms with Crippen LogP contribution in [-0.2, 0) is 0 Å². The van der Waals surface area contributed by atoms with Gasteiger partial charge in [0.05, 0.1) is 0 Å². The fraction of sp³-hybridized carbons (Fsp3) is 0.600. The third-order valence-electron chi connectivity index (χ3n) is 0.988. The number of hydrogen-bond acceptors (Lipinski definition) is 1. The molecular weight excluding hydrogens is 74.1 g/mol. The lowest BCUT2D eigenvalue weighted by atomic mass is 10.3. The molecule has 0 bridgehead atoms. The quantitative estimate of drug-likeness (QED) is 0.458. The van der Waals surface area contributed by atoms with Crippen molar-refractivity contribution in [2.75, 3.05) is 0 Å². The molecular formula is C5H9N. The second-order valence-corrected chi connectivity index (χ2v) is 1.71. The van der Waals surface area contributed by atoms with E-state index >= 15 is 0 Å². The first-order valence-corrected chi connectivity index (χ1v) is 2.30. The SMILES string of the molecule is C[C@@H]1CC=CN1. The van der Waals surface area contributed by atoms with E-state index in [2.05, 4.69) is 18.3 Å². The first-order chi connectivity index (χ1) is 2.89. The largest absolute Gasteiger partial charge is 0.388 e. The van der Waals surface area contributed by atoms with Crippen LogP contribution in [0.25, 0.3) is 0 Å². The summed E-state index contributed by atoms with van der Waals surface area (Å²) in [6.07, 6.45) is 5.34. The first kappa shape index (κ1) is 3.72. The Morgan fingerprint density at radius 3 is 2.83 bits per heavy atom. The average molecular weight is 83.1 g/mol. The molecule has 34 valence electrons. The molecule has 0 aromatic heterocycles. The van der Waals surface area contributed by atoms with Crippen molar-refractivity contribution in [2.45, 2.75) is 19.4 Å². The smallest absolute Gasteiger partial charge is 0.0262 e. The Kier molecular flexibility index (Phi) is 0.825. The van der Waals surface area contributed by atoms with Crippen LogP contribution in [0.2, 0.25) is 0 Å². The highest BCUT2D eigenvalue weighted by Gasteiger charge is 1.97. The van der Waals surface area contributed by atoms with Crippen LogP contribution in [0.1, 0.15) is 13.3 Å². The maximum Gasteiger partial charge on any atom is 0.0262 e. The Balaban J connectivity index is 2.32. The van der Waals surface area contributed by atoms with Gasteiger partial charge in [-0.05, 0) is 19.5 Å². The van der Waals surface area contributed by atoms with Gasteiger partial charge in [-0.1, -0.05) is 6.08 Å². The summed E-state index contributed by atoms with van der Waals surface area (Å²) in [5, 5.41) is 3.14. The molecule has 1 atom stereocenters. The zero-order chi connectivity index (χ0) is 4.41. The predicted molar refractivity (Wildman–Crippen MR) is 26.4 cm³/mol. The highest BCUT2D eigenvalue weighted by atomic mass is 14.9. The van der Waals surface area contributed by atoms with Crippen LogP contribution in [0.5, 0.6) is 0 Å². The summed E-state index contributed by atoms with van der Waals surface area (Å²) >= 11 is 0. The van der Waals surface area contributed by atoms with Crippen LogP contribution in [0.4, 0.5) is 0 Å². The molecule has 6 heavy (non-hydrogen) atoms. The van der Waals surface area contributed by atoms with Crippen LogP contribution >= 0.6 is 0 Å². The topological polar surface area (TPSA) is 12.0 Å². The summed E-state index contributed by atoms with van der Waals surface area (Å²) in [6, 6.07) is 0.685. The third-order valence-corrected chi connectivity index (χ3v) is 0.988. The van der Waals surface area contributed by atoms with Gasteiger partial charge in [0.15, 0.2) is 0 Å². The van der Waals surface area contributed by atoms with Crippen LogP contribution in [0, 0.1) is 0 Å². The number of rotatable bonds is 0. The van der Waals surface area contributed by atoms with E-state index in [4.69, 9.17) is 0 Å². The minimum atomic E-state index is 0.685. The van der Waals surface area contributed by atoms with E-state index in [1.807, 2.05) is 6.20 Å². The van der Waals surface area contributed by atoms with Gasteiger partial charge in [0, 0.05) is 6.04 Å². The fourth-order valence-corrected chi connectivity index (χ4v) is 0.573. The average Bonchev–Trinajstić information content (AvgIpc) is 1.86. The van der Waals surface area contributed by atoms with Crippen molar-refractivity contribution in [2.24, 2.45) is 0 Å². The summed E-state index contributed by atoms with van der Waals surface area (Å²) in [6.45, 7) is 2.17. The zero-order valence-corrected chi connectivity index (χ0v) is 3.94. The van der Waals surface area contributed by atoms with Gasteiger partial charge in [-0.2, -0.15) is 0 Å². The van der Waals surface area contributed by atoms with Crippen LogP contribution in [0.15, 0.2) is 12.3 Å². The van der Waals surface area contributed by atoms with Crippen molar-refractivity contribution in [3.05, 3.63) is 12.3 Å². The molecule has 0 amide bonds. The van der Waals surface area contributed by atoms with E-state index in [0.29, 0.717) is 6.04 Å². The number of nitrogens with one attached hydrogen (secondary N) is 1. The second kappa shape index (κ2) is 1.33. The van der Waals surface area contributed by atoms with E-state index in [1.165, 1.54) is 6.42 Å². The van der Waals surface area contributed by atoms with Gasteiger partial charge in [0.1, 0.15) is 0 Å². The lowest BCUT2D eigenvalue weighted by Crippen LogP contribution is -2.12. The summed E-state index contributed by atoms with van der Waals surface area (Å²) in [7, 11) is 0. The molecule has 0 unspecified atom stereocenters. The monoisotopic (exact) mass is 83.1 g/mol. The fourth-order valence-electron chi connectivity index (χ4n) is 0.573. The van der Waals surface area contributed by atoms with Gasteiger partial charge in [-0.15, -0.1) is 0 Å². The Labute approximate surface area is 38.1 Å². The molecule has 0 aliphatic carbocycles. The maximum absolute atomic E-state index is 3.14. The predicted octanol–water partition coefficient (Wildman–Crippen LogP) is 0.882. The van der Waals surface area contributed by atoms with Crippen molar-refractivity contribution in [3.8, 4) is 0 Å². The number of hydrogen-bond donors (Lipinski definition) is 1. The Hall–Kier alpha value is -0.460. The molecule has 1 nitrogen and oxygen atoms in total. The second-order valence-electron chi connectivity index (χ2n) is 1.71. The lowest BCUT2D eigenvalue weighted by molar-refractivity contribution is 0.690. The van der Waals surface area contributed by atoms with Gasteiger partial charge >= 0.3 is 0 Å². The molecule has 1 heteroatoms. The molecule has 0 fully saturated rings. The molecule has 1 rings (SSSR count). The molecule has 1 heterocycles. The van der Waals surface area contributed by atoms with Crippen molar-refractivity contribution in [3.63, 3.8) is 0 Å². The lowest BCUT2D eigenvalue weighted by Gasteiger charge is -1.97. The minimum absolute atomic E-state index is 0.685. The normalized spacial score (nSPS) is 30.5. The van der Waals surface area contributed by atoms with Gasteiger partial charge in [-0.3, -0.25) is 0 Å². The Morgan fingerprint density at radius 2 is 2.67 bits per heavy atom. The van der Waals surface area contributed by atoms with Crippen molar-refractivity contribution < 1.29 is 0 Å².